The van der Waals surface area contributed by atoms with E-state index in [-0.39, 0.29) is 5.78 Å². The third kappa shape index (κ3) is 4.80. The first-order valence-electron chi connectivity index (χ1n) is 6.78. The number of hydrogen-bond donors (Lipinski definition) is 0. The molecule has 0 heterocycles. The molecule has 21 heavy (non-hydrogen) atoms. The maximum absolute atomic E-state index is 12.3. The summed E-state index contributed by atoms with van der Waals surface area (Å²) in [5.41, 5.74) is 1.82. The number of para-hydroxylation sites is 1. The minimum absolute atomic E-state index is 0.0954. The SMILES string of the molecule is CCOc1ccccc1C(=O)CSCc1ccc(Cl)cc1. The summed E-state index contributed by atoms with van der Waals surface area (Å²) in [6.45, 7) is 2.47. The van der Waals surface area contributed by atoms with Crippen LogP contribution >= 0.6 is 23.4 Å². The van der Waals surface area contributed by atoms with Crippen molar-refractivity contribution in [1.29, 1.82) is 0 Å². The van der Waals surface area contributed by atoms with Gasteiger partial charge in [-0.1, -0.05) is 35.9 Å². The number of ketones is 1. The molecule has 0 spiro atoms. The monoisotopic (exact) mass is 320 g/mol. The lowest BCUT2D eigenvalue weighted by Gasteiger charge is -2.09. The Morgan fingerprint density at radius 2 is 1.86 bits per heavy atom. The molecule has 0 aliphatic heterocycles. The van der Waals surface area contributed by atoms with Crippen molar-refractivity contribution < 1.29 is 9.53 Å². The minimum Gasteiger partial charge on any atom is -0.493 e. The molecule has 0 aliphatic carbocycles. The highest BCUT2D eigenvalue weighted by atomic mass is 35.5. The second-order valence-electron chi connectivity index (χ2n) is 4.47. The molecule has 0 aliphatic rings. The molecule has 2 rings (SSSR count). The molecule has 2 aromatic carbocycles. The highest BCUT2D eigenvalue weighted by Crippen LogP contribution is 2.22. The zero-order valence-corrected chi connectivity index (χ0v) is 13.4. The van der Waals surface area contributed by atoms with Crippen LogP contribution in [0.4, 0.5) is 0 Å². The van der Waals surface area contributed by atoms with Gasteiger partial charge in [0.05, 0.1) is 17.9 Å². The van der Waals surface area contributed by atoms with Crippen molar-refractivity contribution in [2.75, 3.05) is 12.4 Å². The number of rotatable bonds is 7. The third-order valence-corrected chi connectivity index (χ3v) is 4.16. The van der Waals surface area contributed by atoms with Gasteiger partial charge in [0, 0.05) is 10.8 Å². The van der Waals surface area contributed by atoms with Gasteiger partial charge in [-0.2, -0.15) is 0 Å². The molecular weight excluding hydrogens is 304 g/mol. The Labute approximate surface area is 134 Å². The van der Waals surface area contributed by atoms with E-state index >= 15 is 0 Å². The van der Waals surface area contributed by atoms with Gasteiger partial charge >= 0.3 is 0 Å². The summed E-state index contributed by atoms with van der Waals surface area (Å²) in [6, 6.07) is 15.1. The first kappa shape index (κ1) is 15.9. The van der Waals surface area contributed by atoms with Crippen molar-refractivity contribution in [3.05, 3.63) is 64.7 Å². The van der Waals surface area contributed by atoms with Crippen molar-refractivity contribution >= 4 is 29.1 Å². The van der Waals surface area contributed by atoms with Crippen molar-refractivity contribution in [3.8, 4) is 5.75 Å². The van der Waals surface area contributed by atoms with E-state index < -0.39 is 0 Å². The lowest BCUT2D eigenvalue weighted by molar-refractivity contribution is 0.101. The summed E-state index contributed by atoms with van der Waals surface area (Å²) in [5, 5.41) is 0.727. The van der Waals surface area contributed by atoms with Gasteiger partial charge in [0.2, 0.25) is 0 Å². The quantitative estimate of drug-likeness (QED) is 0.682. The van der Waals surface area contributed by atoms with E-state index in [2.05, 4.69) is 0 Å². The fourth-order valence-corrected chi connectivity index (χ4v) is 2.90. The second kappa shape index (κ2) is 8.11. The molecule has 0 atom stereocenters. The predicted molar refractivity (Wildman–Crippen MR) is 89.6 cm³/mol. The van der Waals surface area contributed by atoms with E-state index in [1.54, 1.807) is 11.8 Å². The summed E-state index contributed by atoms with van der Waals surface area (Å²) in [7, 11) is 0. The summed E-state index contributed by atoms with van der Waals surface area (Å²) in [5.74, 6) is 1.99. The molecule has 0 bridgehead atoms. The Balaban J connectivity index is 1.91. The van der Waals surface area contributed by atoms with Crippen LogP contribution in [0.5, 0.6) is 5.75 Å². The molecule has 0 N–H and O–H groups in total. The normalized spacial score (nSPS) is 10.4. The van der Waals surface area contributed by atoms with Gasteiger partial charge in [-0.3, -0.25) is 4.79 Å². The van der Waals surface area contributed by atoms with Crippen LogP contribution in [0.25, 0.3) is 0 Å². The zero-order chi connectivity index (χ0) is 15.1. The van der Waals surface area contributed by atoms with Crippen LogP contribution in [0.3, 0.4) is 0 Å². The average Bonchev–Trinajstić information content (AvgIpc) is 2.50. The molecule has 0 unspecified atom stereocenters. The second-order valence-corrected chi connectivity index (χ2v) is 5.89. The Morgan fingerprint density at radius 3 is 2.57 bits per heavy atom. The Bertz CT molecular complexity index is 596. The summed E-state index contributed by atoms with van der Waals surface area (Å²) in [6.07, 6.45) is 0. The van der Waals surface area contributed by atoms with Crippen LogP contribution in [0.1, 0.15) is 22.8 Å². The van der Waals surface area contributed by atoms with E-state index in [0.717, 1.165) is 16.3 Å². The van der Waals surface area contributed by atoms with E-state index in [9.17, 15) is 4.79 Å². The molecule has 4 heteroatoms. The van der Waals surface area contributed by atoms with Crippen LogP contribution in [-0.2, 0) is 5.75 Å². The molecule has 2 aromatic rings. The Morgan fingerprint density at radius 1 is 1.14 bits per heavy atom. The number of benzene rings is 2. The van der Waals surface area contributed by atoms with Crippen molar-refractivity contribution in [1.82, 2.24) is 0 Å². The molecule has 0 aromatic heterocycles. The Hall–Kier alpha value is -1.45. The number of thioether (sulfide) groups is 1. The van der Waals surface area contributed by atoms with Crippen LogP contribution < -0.4 is 4.74 Å². The van der Waals surface area contributed by atoms with E-state index in [4.69, 9.17) is 16.3 Å². The van der Waals surface area contributed by atoms with E-state index in [1.165, 1.54) is 0 Å². The summed E-state index contributed by atoms with van der Waals surface area (Å²) >= 11 is 7.44. The first-order chi connectivity index (χ1) is 10.2. The van der Waals surface area contributed by atoms with Crippen LogP contribution in [0.2, 0.25) is 5.02 Å². The Kier molecular flexibility index (Phi) is 6.15. The highest BCUT2D eigenvalue weighted by molar-refractivity contribution is 7.99. The standard InChI is InChI=1S/C17H17ClO2S/c1-2-20-17-6-4-3-5-15(17)16(19)12-21-11-13-7-9-14(18)10-8-13/h3-10H,2,11-12H2,1H3. The maximum Gasteiger partial charge on any atom is 0.176 e. The third-order valence-electron chi connectivity index (χ3n) is 2.90. The van der Waals surface area contributed by atoms with E-state index in [1.807, 2.05) is 55.5 Å². The van der Waals surface area contributed by atoms with E-state index in [0.29, 0.717) is 23.7 Å². The zero-order valence-electron chi connectivity index (χ0n) is 11.8. The molecule has 2 nitrogen and oxygen atoms in total. The smallest absolute Gasteiger partial charge is 0.176 e. The first-order valence-corrected chi connectivity index (χ1v) is 8.31. The van der Waals surface area contributed by atoms with Crippen molar-refractivity contribution in [3.63, 3.8) is 0 Å². The summed E-state index contributed by atoms with van der Waals surface area (Å²) < 4.78 is 5.49. The number of ether oxygens (including phenoxy) is 1. The number of carbonyl (C=O) groups excluding carboxylic acids is 1. The van der Waals surface area contributed by atoms with Gasteiger partial charge in [0.15, 0.2) is 5.78 Å². The summed E-state index contributed by atoms with van der Waals surface area (Å²) in [4.78, 5) is 12.3. The molecular formula is C17H17ClO2S. The fraction of sp³-hybridized carbons (Fsp3) is 0.235. The number of Topliss-reactive ketones (excluding diaryl/α,β-unsaturated/α-hetero) is 1. The molecule has 0 fully saturated rings. The fourth-order valence-electron chi connectivity index (χ4n) is 1.90. The largest absolute Gasteiger partial charge is 0.493 e. The van der Waals surface area contributed by atoms with Crippen LogP contribution in [0, 0.1) is 0 Å². The number of carbonyl (C=O) groups is 1. The lowest BCUT2D eigenvalue weighted by Crippen LogP contribution is -2.06. The van der Waals surface area contributed by atoms with Gasteiger partial charge < -0.3 is 4.74 Å². The predicted octanol–water partition coefficient (Wildman–Crippen LogP) is 4.85. The molecule has 110 valence electrons. The highest BCUT2D eigenvalue weighted by Gasteiger charge is 2.11. The molecule has 0 saturated heterocycles. The van der Waals surface area contributed by atoms with Crippen LogP contribution in [0.15, 0.2) is 48.5 Å². The topological polar surface area (TPSA) is 26.3 Å². The molecule has 0 radical (unpaired) electrons. The lowest BCUT2D eigenvalue weighted by atomic mass is 10.1. The minimum atomic E-state index is 0.0954. The van der Waals surface area contributed by atoms with Gasteiger partial charge in [0.25, 0.3) is 0 Å². The van der Waals surface area contributed by atoms with Gasteiger partial charge in [-0.15, -0.1) is 11.8 Å². The number of halogens is 1. The van der Waals surface area contributed by atoms with Gasteiger partial charge in [-0.25, -0.2) is 0 Å². The molecule has 0 amide bonds. The van der Waals surface area contributed by atoms with Crippen molar-refractivity contribution in [2.24, 2.45) is 0 Å². The van der Waals surface area contributed by atoms with Crippen molar-refractivity contribution in [2.45, 2.75) is 12.7 Å². The molecule has 0 saturated carbocycles. The number of hydrogen-bond acceptors (Lipinski definition) is 3. The van der Waals surface area contributed by atoms with Gasteiger partial charge in [0.1, 0.15) is 5.75 Å². The maximum atomic E-state index is 12.3. The van der Waals surface area contributed by atoms with Gasteiger partial charge in [-0.05, 0) is 36.8 Å². The average molecular weight is 321 g/mol. The van der Waals surface area contributed by atoms with Crippen LogP contribution in [-0.4, -0.2) is 18.1 Å².